The molecule has 0 saturated heterocycles. The van der Waals surface area contributed by atoms with Crippen LogP contribution < -0.4 is 5.32 Å². The van der Waals surface area contributed by atoms with Crippen LogP contribution in [-0.2, 0) is 16.9 Å². The molecule has 2 aromatic heterocycles. The summed E-state index contributed by atoms with van der Waals surface area (Å²) in [4.78, 5) is 8.63. The summed E-state index contributed by atoms with van der Waals surface area (Å²) < 4.78 is 24.5. The number of hydrogen-bond donors (Lipinski definition) is 1. The van der Waals surface area contributed by atoms with Crippen molar-refractivity contribution < 1.29 is 8.42 Å². The molecule has 0 unspecified atom stereocenters. The fourth-order valence-corrected chi connectivity index (χ4v) is 2.61. The summed E-state index contributed by atoms with van der Waals surface area (Å²) in [6, 6.07) is 6.50. The van der Waals surface area contributed by atoms with E-state index in [9.17, 15) is 8.42 Å². The molecule has 0 spiro atoms. The van der Waals surface area contributed by atoms with Crippen molar-refractivity contribution in [2.24, 2.45) is 7.05 Å². The van der Waals surface area contributed by atoms with Gasteiger partial charge in [-0.05, 0) is 24.3 Å². The Balaban J connectivity index is 1.95. The van der Waals surface area contributed by atoms with Crippen LogP contribution in [0.2, 0.25) is 0 Å². The summed E-state index contributed by atoms with van der Waals surface area (Å²) in [5.74, 6) is 0.625. The van der Waals surface area contributed by atoms with E-state index in [0.29, 0.717) is 5.82 Å². The monoisotopic (exact) mass is 303 g/mol. The number of sulfone groups is 1. The third kappa shape index (κ3) is 2.57. The summed E-state index contributed by atoms with van der Waals surface area (Å²) >= 11 is 0. The highest BCUT2D eigenvalue weighted by molar-refractivity contribution is 7.90. The Morgan fingerprint density at radius 3 is 2.52 bits per heavy atom. The standard InChI is InChI=1S/C13H13N5O2S/c1-18-13-11(7-16-18)12(14-8-15-13)17-9-3-5-10(6-4-9)21(2,19)20/h3-8H,1-2H3,(H,14,15,17). The van der Waals surface area contributed by atoms with Gasteiger partial charge >= 0.3 is 0 Å². The second-order valence-corrected chi connectivity index (χ2v) is 6.67. The predicted molar refractivity (Wildman–Crippen MR) is 79.1 cm³/mol. The van der Waals surface area contributed by atoms with Gasteiger partial charge in [0.2, 0.25) is 0 Å². The SMILES string of the molecule is Cn1ncc2c(Nc3ccc(S(C)(=O)=O)cc3)ncnc21. The van der Waals surface area contributed by atoms with Crippen molar-refractivity contribution in [2.75, 3.05) is 11.6 Å². The maximum Gasteiger partial charge on any atom is 0.175 e. The Hall–Kier alpha value is -2.48. The maximum absolute atomic E-state index is 11.4. The van der Waals surface area contributed by atoms with Crippen LogP contribution in [0, 0.1) is 0 Å². The number of nitrogens with one attached hydrogen (secondary N) is 1. The van der Waals surface area contributed by atoms with Gasteiger partial charge in [-0.15, -0.1) is 0 Å². The first-order chi connectivity index (χ1) is 9.95. The van der Waals surface area contributed by atoms with Gasteiger partial charge < -0.3 is 5.32 Å². The van der Waals surface area contributed by atoms with Gasteiger partial charge in [-0.25, -0.2) is 18.4 Å². The van der Waals surface area contributed by atoms with Gasteiger partial charge in [-0.2, -0.15) is 5.10 Å². The lowest BCUT2D eigenvalue weighted by Gasteiger charge is -2.07. The Kier molecular flexibility index (Phi) is 3.09. The molecule has 0 aliphatic rings. The highest BCUT2D eigenvalue weighted by Crippen LogP contribution is 2.23. The first-order valence-electron chi connectivity index (χ1n) is 6.15. The van der Waals surface area contributed by atoms with Gasteiger partial charge in [0.25, 0.3) is 0 Å². The molecule has 21 heavy (non-hydrogen) atoms. The molecule has 108 valence electrons. The molecular weight excluding hydrogens is 290 g/mol. The third-order valence-corrected chi connectivity index (χ3v) is 4.20. The van der Waals surface area contributed by atoms with Crippen molar-refractivity contribution in [1.29, 1.82) is 0 Å². The Morgan fingerprint density at radius 2 is 1.86 bits per heavy atom. The molecule has 0 fully saturated rings. The molecule has 0 aliphatic heterocycles. The maximum atomic E-state index is 11.4. The van der Waals surface area contributed by atoms with E-state index in [2.05, 4.69) is 20.4 Å². The number of rotatable bonds is 3. The number of benzene rings is 1. The lowest BCUT2D eigenvalue weighted by molar-refractivity contribution is 0.602. The molecule has 0 bridgehead atoms. The minimum atomic E-state index is -3.19. The number of fused-ring (bicyclic) bond motifs is 1. The summed E-state index contributed by atoms with van der Waals surface area (Å²) in [6.07, 6.45) is 4.32. The van der Waals surface area contributed by atoms with Crippen molar-refractivity contribution in [1.82, 2.24) is 19.7 Å². The van der Waals surface area contributed by atoms with Crippen LogP contribution in [0.4, 0.5) is 11.5 Å². The van der Waals surface area contributed by atoms with E-state index in [4.69, 9.17) is 0 Å². The molecule has 2 heterocycles. The van der Waals surface area contributed by atoms with Crippen LogP contribution in [0.5, 0.6) is 0 Å². The predicted octanol–water partition coefficient (Wildman–Crippen LogP) is 1.51. The van der Waals surface area contributed by atoms with Gasteiger partial charge in [-0.1, -0.05) is 0 Å². The Morgan fingerprint density at radius 1 is 1.14 bits per heavy atom. The van der Waals surface area contributed by atoms with Crippen LogP contribution in [0.1, 0.15) is 0 Å². The summed E-state index contributed by atoms with van der Waals surface area (Å²) in [7, 11) is -1.38. The third-order valence-electron chi connectivity index (χ3n) is 3.07. The normalized spacial score (nSPS) is 11.7. The summed E-state index contributed by atoms with van der Waals surface area (Å²) in [6.45, 7) is 0. The van der Waals surface area contributed by atoms with E-state index in [1.807, 2.05) is 0 Å². The zero-order valence-electron chi connectivity index (χ0n) is 11.5. The van der Waals surface area contributed by atoms with Gasteiger partial charge in [0, 0.05) is 19.0 Å². The fourth-order valence-electron chi connectivity index (χ4n) is 1.98. The zero-order valence-corrected chi connectivity index (χ0v) is 12.3. The van der Waals surface area contributed by atoms with Crippen LogP contribution in [-0.4, -0.2) is 34.4 Å². The van der Waals surface area contributed by atoms with Gasteiger partial charge in [-0.3, -0.25) is 4.68 Å². The van der Waals surface area contributed by atoms with E-state index in [1.54, 1.807) is 42.2 Å². The molecule has 3 aromatic rings. The lowest BCUT2D eigenvalue weighted by Crippen LogP contribution is -1.99. The van der Waals surface area contributed by atoms with Gasteiger partial charge in [0.1, 0.15) is 12.1 Å². The van der Waals surface area contributed by atoms with Gasteiger partial charge in [0.15, 0.2) is 15.5 Å². The van der Waals surface area contributed by atoms with Crippen molar-refractivity contribution in [3.63, 3.8) is 0 Å². The molecule has 7 nitrogen and oxygen atoms in total. The van der Waals surface area contributed by atoms with Crippen LogP contribution in [0.25, 0.3) is 11.0 Å². The molecule has 8 heteroatoms. The summed E-state index contributed by atoms with van der Waals surface area (Å²) in [5, 5.41) is 8.08. The quantitative estimate of drug-likeness (QED) is 0.789. The first kappa shape index (κ1) is 13.5. The molecule has 0 amide bonds. The Labute approximate surface area is 121 Å². The number of anilines is 2. The van der Waals surface area contributed by atoms with Crippen LogP contribution in [0.15, 0.2) is 41.7 Å². The highest BCUT2D eigenvalue weighted by atomic mass is 32.2. The minimum Gasteiger partial charge on any atom is -0.340 e. The molecule has 0 aliphatic carbocycles. The number of hydrogen-bond acceptors (Lipinski definition) is 6. The van der Waals surface area contributed by atoms with E-state index < -0.39 is 9.84 Å². The summed E-state index contributed by atoms with van der Waals surface area (Å²) in [5.41, 5.74) is 1.46. The molecular formula is C13H13N5O2S. The van der Waals surface area contributed by atoms with E-state index >= 15 is 0 Å². The van der Waals surface area contributed by atoms with E-state index in [0.717, 1.165) is 16.7 Å². The molecule has 0 saturated carbocycles. The second kappa shape index (κ2) is 4.81. The molecule has 3 rings (SSSR count). The molecule has 0 radical (unpaired) electrons. The van der Waals surface area contributed by atoms with E-state index in [-0.39, 0.29) is 4.90 Å². The topological polar surface area (TPSA) is 89.8 Å². The van der Waals surface area contributed by atoms with Crippen molar-refractivity contribution in [2.45, 2.75) is 4.90 Å². The average molecular weight is 303 g/mol. The van der Waals surface area contributed by atoms with Gasteiger partial charge in [0.05, 0.1) is 16.5 Å². The van der Waals surface area contributed by atoms with Crippen molar-refractivity contribution in [3.05, 3.63) is 36.8 Å². The molecule has 1 aromatic carbocycles. The largest absolute Gasteiger partial charge is 0.340 e. The first-order valence-corrected chi connectivity index (χ1v) is 8.04. The van der Waals surface area contributed by atoms with Crippen LogP contribution >= 0.6 is 0 Å². The highest BCUT2D eigenvalue weighted by Gasteiger charge is 2.09. The second-order valence-electron chi connectivity index (χ2n) is 4.65. The average Bonchev–Trinajstić information content (AvgIpc) is 2.82. The zero-order chi connectivity index (χ0) is 15.0. The van der Waals surface area contributed by atoms with Crippen molar-refractivity contribution >= 4 is 32.4 Å². The number of nitrogens with zero attached hydrogens (tertiary/aromatic N) is 4. The lowest BCUT2D eigenvalue weighted by atomic mass is 10.3. The van der Waals surface area contributed by atoms with Crippen LogP contribution in [0.3, 0.4) is 0 Å². The van der Waals surface area contributed by atoms with Crippen molar-refractivity contribution in [3.8, 4) is 0 Å². The van der Waals surface area contributed by atoms with E-state index in [1.165, 1.54) is 12.6 Å². The molecule has 1 N–H and O–H groups in total. The fraction of sp³-hybridized carbons (Fsp3) is 0.154. The number of aromatic nitrogens is 4. The Bertz CT molecular complexity index is 900. The minimum absolute atomic E-state index is 0.280. The number of aryl methyl sites for hydroxylation is 1. The molecule has 0 atom stereocenters. The smallest absolute Gasteiger partial charge is 0.175 e.